The average Bonchev–Trinajstić information content (AvgIpc) is 1.06. The molecule has 21 rings (SSSR count). The van der Waals surface area contributed by atoms with Crippen LogP contribution in [0.1, 0.15) is 69.4 Å². The Morgan fingerprint density at radius 1 is 0.220 bits per heavy atom. The fraction of sp³-hybridized carbons (Fsp3) is 0.0973. The molecule has 2 aromatic heterocycles. The molecule has 0 bridgehead atoms. The van der Waals surface area contributed by atoms with Crippen LogP contribution in [0.5, 0.6) is 0 Å². The van der Waals surface area contributed by atoms with E-state index in [1.54, 1.807) is 0 Å². The maximum absolute atomic E-state index is 2.73. The third-order valence-electron chi connectivity index (χ3n) is 24.9. The van der Waals surface area contributed by atoms with Crippen LogP contribution >= 0.6 is 0 Å². The van der Waals surface area contributed by atoms with Crippen LogP contribution in [0, 0.1) is 20.8 Å². The highest BCUT2D eigenvalue weighted by molar-refractivity contribution is 7.00. The lowest BCUT2D eigenvalue weighted by Gasteiger charge is -2.46. The molecule has 0 saturated heterocycles. The maximum atomic E-state index is 2.73. The van der Waals surface area contributed by atoms with Crippen molar-refractivity contribution in [3.05, 3.63) is 404 Å². The number of fused-ring (bicyclic) bond motifs is 10. The molecule has 0 unspecified atom stereocenters. The molecule has 2 aliphatic heterocycles. The van der Waals surface area contributed by atoms with Gasteiger partial charge in [0, 0.05) is 77.9 Å². The second kappa shape index (κ2) is 28.2. The van der Waals surface area contributed by atoms with E-state index in [0.717, 1.165) is 129 Å². The number of benzene rings is 17. The normalized spacial score (nSPS) is 12.6. The van der Waals surface area contributed by atoms with Gasteiger partial charge in [-0.05, 0) is 253 Å². The number of rotatable bonds is 12. The molecule has 0 radical (unpaired) electrons. The van der Waals surface area contributed by atoms with Gasteiger partial charge in [-0.25, -0.2) is 0 Å². The molecule has 0 N–H and O–H groups in total. The van der Waals surface area contributed by atoms with Crippen molar-refractivity contribution in [3.63, 3.8) is 0 Å². The van der Waals surface area contributed by atoms with E-state index in [1.165, 1.54) is 93.5 Å². The number of nitrogens with zero attached hydrogens (tertiary/aromatic N) is 4. The summed E-state index contributed by atoms with van der Waals surface area (Å²) >= 11 is 0. The number of aryl methyl sites for hydroxylation is 3. The molecule has 5 heteroatoms. The van der Waals surface area contributed by atoms with E-state index in [-0.39, 0.29) is 17.5 Å². The van der Waals surface area contributed by atoms with E-state index in [2.05, 4.69) is 457 Å². The highest BCUT2D eigenvalue weighted by atomic mass is 15.2. The Morgan fingerprint density at radius 2 is 0.525 bits per heavy atom. The van der Waals surface area contributed by atoms with Gasteiger partial charge in [0.1, 0.15) is 0 Å². The molecular weight excluding hydrogens is 1420 g/mol. The second-order valence-corrected chi connectivity index (χ2v) is 34.7. The first-order chi connectivity index (χ1) is 57.5. The van der Waals surface area contributed by atoms with Gasteiger partial charge in [-0.2, -0.15) is 0 Å². The van der Waals surface area contributed by atoms with Gasteiger partial charge in [-0.3, -0.25) is 0 Å². The summed E-state index contributed by atoms with van der Waals surface area (Å²) in [6.07, 6.45) is 0. The lowest BCUT2D eigenvalue weighted by atomic mass is 9.33. The summed E-state index contributed by atoms with van der Waals surface area (Å²) in [5, 5.41) is 4.93. The third kappa shape index (κ3) is 12.2. The van der Waals surface area contributed by atoms with E-state index >= 15 is 0 Å². The largest absolute Gasteiger partial charge is 0.310 e. The molecule has 118 heavy (non-hydrogen) atoms. The van der Waals surface area contributed by atoms with Crippen LogP contribution in [-0.4, -0.2) is 15.8 Å². The Balaban J connectivity index is 0.902. The summed E-state index contributed by atoms with van der Waals surface area (Å²) in [7, 11) is 0. The third-order valence-corrected chi connectivity index (χ3v) is 24.9. The minimum absolute atomic E-state index is 0.252. The fourth-order valence-electron chi connectivity index (χ4n) is 19.1. The van der Waals surface area contributed by atoms with Crippen molar-refractivity contribution >= 4 is 101 Å². The van der Waals surface area contributed by atoms with Crippen molar-refractivity contribution in [2.75, 3.05) is 9.80 Å². The van der Waals surface area contributed by atoms with Crippen LogP contribution in [0.15, 0.2) is 376 Å². The SMILES string of the molecule is Cc1cc2c3c(c1)N(c1c(-c4ccccc4)cc(C(C)(C)C)cc1-c1cccc(-c4cccc(-c5ccccc5)c4)c1)c1cc(-n4c5ccccc5c5cc(C)ccc54)ccc1B3c1ccc(-n3c4ccccc4c4cc(C)ccc43)cc1N2c1c(-c2ccccc2)cc(C(C)(C)C)cc1-c1cccc(-c2cccc(-c3ccccc3)c2)c1. The van der Waals surface area contributed by atoms with Crippen LogP contribution in [0.2, 0.25) is 0 Å². The number of hydrogen-bond donors (Lipinski definition) is 0. The van der Waals surface area contributed by atoms with Crippen LogP contribution in [0.25, 0.3) is 144 Å². The molecule has 2 aliphatic rings. The zero-order chi connectivity index (χ0) is 79.8. The van der Waals surface area contributed by atoms with Gasteiger partial charge < -0.3 is 18.9 Å². The van der Waals surface area contributed by atoms with Gasteiger partial charge in [-0.15, -0.1) is 0 Å². The van der Waals surface area contributed by atoms with Gasteiger partial charge in [0.15, 0.2) is 0 Å². The predicted molar refractivity (Wildman–Crippen MR) is 504 cm³/mol. The second-order valence-electron chi connectivity index (χ2n) is 34.7. The van der Waals surface area contributed by atoms with Crippen LogP contribution < -0.4 is 26.2 Å². The zero-order valence-electron chi connectivity index (χ0n) is 68.2. The molecule has 0 spiro atoms. The van der Waals surface area contributed by atoms with Crippen molar-refractivity contribution in [2.24, 2.45) is 0 Å². The predicted octanol–water partition coefficient (Wildman–Crippen LogP) is 28.8. The van der Waals surface area contributed by atoms with E-state index < -0.39 is 0 Å². The summed E-state index contributed by atoms with van der Waals surface area (Å²) in [6.45, 7) is 20.7. The van der Waals surface area contributed by atoms with Crippen LogP contribution in [-0.2, 0) is 10.8 Å². The fourth-order valence-corrected chi connectivity index (χ4v) is 19.1. The molecule has 4 heterocycles. The van der Waals surface area contributed by atoms with Gasteiger partial charge in [0.25, 0.3) is 6.71 Å². The summed E-state index contributed by atoms with van der Waals surface area (Å²) in [6, 6.07) is 143. The summed E-state index contributed by atoms with van der Waals surface area (Å²) in [5.74, 6) is 0. The van der Waals surface area contributed by atoms with Gasteiger partial charge in [-0.1, -0.05) is 307 Å². The first-order valence-electron chi connectivity index (χ1n) is 41.5. The van der Waals surface area contributed by atoms with Crippen LogP contribution in [0.4, 0.5) is 34.1 Å². The Bertz CT molecular complexity index is 6810. The Morgan fingerprint density at radius 3 is 0.898 bits per heavy atom. The van der Waals surface area contributed by atoms with E-state index in [9.17, 15) is 0 Å². The Kier molecular flexibility index (Phi) is 17.1. The quantitative estimate of drug-likeness (QED) is 0.113. The smallest absolute Gasteiger partial charge is 0.252 e. The Labute approximate surface area is 692 Å². The number of hydrogen-bond acceptors (Lipinski definition) is 2. The molecule has 0 fully saturated rings. The summed E-state index contributed by atoms with van der Waals surface area (Å²) < 4.78 is 5.04. The minimum Gasteiger partial charge on any atom is -0.310 e. The van der Waals surface area contributed by atoms with Crippen molar-refractivity contribution in [1.29, 1.82) is 0 Å². The number of anilines is 6. The molecule has 0 saturated carbocycles. The van der Waals surface area contributed by atoms with Crippen molar-refractivity contribution in [1.82, 2.24) is 9.13 Å². The number of aromatic nitrogens is 2. The monoisotopic (exact) mass is 1510 g/mol. The molecule has 0 aliphatic carbocycles. The van der Waals surface area contributed by atoms with Crippen molar-refractivity contribution in [2.45, 2.75) is 73.1 Å². The summed E-state index contributed by atoms with van der Waals surface area (Å²) in [5.41, 5.74) is 41.3. The number of para-hydroxylation sites is 2. The van der Waals surface area contributed by atoms with Gasteiger partial charge in [0.2, 0.25) is 0 Å². The van der Waals surface area contributed by atoms with Gasteiger partial charge >= 0.3 is 0 Å². The van der Waals surface area contributed by atoms with Gasteiger partial charge in [0.05, 0.1) is 33.4 Å². The molecule has 17 aromatic carbocycles. The van der Waals surface area contributed by atoms with Crippen molar-refractivity contribution in [3.8, 4) is 100 Å². The standard InChI is InChI=1S/C113H89BN4/c1-72-50-56-103-97(58-72)91-46-22-24-48-101(91)115(103)89-52-54-99-105(70-89)117(110-93(77-34-18-12-19-35-77)66-87(112(4,5)6)68-95(110)85-44-28-42-83(64-85)81-40-26-38-79(62-81)75-30-14-10-15-31-75)107-60-74(3)61-108-109(107)114(99)100-55-53-90(116-102-49-25-23-47-92(102)98-59-73(2)51-57-104(98)116)71-106(100)118(108)111-94(78-36-20-13-21-37-78)67-88(113(7,8)9)69-96(111)86-45-29-43-84(65-86)82-41-27-39-80(63-82)76-32-16-11-17-33-76/h10-71H,1-9H3. The maximum Gasteiger partial charge on any atom is 0.252 e. The first-order valence-corrected chi connectivity index (χ1v) is 41.5. The minimum atomic E-state index is -0.275. The Hall–Kier alpha value is -14.0. The molecule has 0 amide bonds. The molecule has 19 aromatic rings. The summed E-state index contributed by atoms with van der Waals surface area (Å²) in [4.78, 5) is 5.47. The lowest BCUT2D eigenvalue weighted by molar-refractivity contribution is 0.590. The van der Waals surface area contributed by atoms with E-state index in [4.69, 9.17) is 0 Å². The highest BCUT2D eigenvalue weighted by Crippen LogP contribution is 2.56. The topological polar surface area (TPSA) is 16.3 Å². The average molecular weight is 1510 g/mol. The molecule has 564 valence electrons. The molecule has 0 atom stereocenters. The zero-order valence-corrected chi connectivity index (χ0v) is 68.2. The van der Waals surface area contributed by atoms with E-state index in [1.807, 2.05) is 0 Å². The van der Waals surface area contributed by atoms with Crippen molar-refractivity contribution < 1.29 is 0 Å². The van der Waals surface area contributed by atoms with E-state index in [0.29, 0.717) is 0 Å². The highest BCUT2D eigenvalue weighted by Gasteiger charge is 2.46. The van der Waals surface area contributed by atoms with Crippen LogP contribution in [0.3, 0.4) is 0 Å². The first kappa shape index (κ1) is 71.8. The lowest BCUT2D eigenvalue weighted by Crippen LogP contribution is -2.61. The molecule has 4 nitrogen and oxygen atoms in total. The molecular formula is C113H89BN4.